The maximum absolute atomic E-state index is 11.7. The lowest BCUT2D eigenvalue weighted by Gasteiger charge is -2.13. The number of benzene rings is 1. The van der Waals surface area contributed by atoms with Gasteiger partial charge in [-0.2, -0.15) is 11.8 Å². The highest BCUT2D eigenvalue weighted by Gasteiger charge is 2.08. The van der Waals surface area contributed by atoms with Crippen molar-refractivity contribution < 1.29 is 14.6 Å². The molecule has 0 saturated heterocycles. The normalized spacial score (nSPS) is 10.5. The molecule has 0 radical (unpaired) electrons. The Balaban J connectivity index is 2.27. The minimum atomic E-state index is -0.0999. The summed E-state index contributed by atoms with van der Waals surface area (Å²) < 4.78 is 5.63. The molecule has 4 nitrogen and oxygen atoms in total. The van der Waals surface area contributed by atoms with Crippen molar-refractivity contribution in [3.05, 3.63) is 28.8 Å². The molecule has 0 fully saturated rings. The highest BCUT2D eigenvalue weighted by molar-refractivity contribution is 7.99. The van der Waals surface area contributed by atoms with E-state index in [-0.39, 0.29) is 19.1 Å². The fourth-order valence-electron chi connectivity index (χ4n) is 2.11. The predicted octanol–water partition coefficient (Wildman–Crippen LogP) is 2.22. The van der Waals surface area contributed by atoms with Crippen LogP contribution in [0, 0.1) is 20.8 Å². The zero-order chi connectivity index (χ0) is 15.7. The van der Waals surface area contributed by atoms with Crippen molar-refractivity contribution in [2.75, 3.05) is 31.3 Å². The van der Waals surface area contributed by atoms with E-state index in [1.165, 1.54) is 5.56 Å². The first kappa shape index (κ1) is 17.9. The molecule has 1 rings (SSSR count). The lowest BCUT2D eigenvalue weighted by atomic mass is 10.1. The summed E-state index contributed by atoms with van der Waals surface area (Å²) in [5.41, 5.74) is 3.31. The number of hydrogen-bond acceptors (Lipinski definition) is 4. The summed E-state index contributed by atoms with van der Waals surface area (Å²) in [4.78, 5) is 11.7. The number of aliphatic hydroxyl groups is 1. The molecule has 0 atom stereocenters. The van der Waals surface area contributed by atoms with Crippen LogP contribution >= 0.6 is 11.8 Å². The van der Waals surface area contributed by atoms with Gasteiger partial charge in [-0.1, -0.05) is 17.7 Å². The van der Waals surface area contributed by atoms with Gasteiger partial charge in [0.05, 0.1) is 0 Å². The van der Waals surface area contributed by atoms with E-state index in [0.29, 0.717) is 6.54 Å². The Bertz CT molecular complexity index is 440. The summed E-state index contributed by atoms with van der Waals surface area (Å²) in [5.74, 6) is 2.48. The van der Waals surface area contributed by atoms with Crippen molar-refractivity contribution in [3.8, 4) is 5.75 Å². The topological polar surface area (TPSA) is 58.6 Å². The minimum absolute atomic E-state index is 0.0477. The zero-order valence-corrected chi connectivity index (χ0v) is 13.9. The number of carbonyl (C=O) groups is 1. The predicted molar refractivity (Wildman–Crippen MR) is 88.2 cm³/mol. The van der Waals surface area contributed by atoms with Crippen molar-refractivity contribution in [2.45, 2.75) is 27.2 Å². The third kappa shape index (κ3) is 6.87. The van der Waals surface area contributed by atoms with Crippen LogP contribution in [0.5, 0.6) is 5.75 Å². The summed E-state index contributed by atoms with van der Waals surface area (Å²) >= 11 is 1.73. The number of nitrogens with one attached hydrogen (secondary N) is 1. The molecule has 0 aliphatic rings. The average Bonchev–Trinajstić information content (AvgIpc) is 2.41. The van der Waals surface area contributed by atoms with Crippen LogP contribution in [0.3, 0.4) is 0 Å². The largest absolute Gasteiger partial charge is 0.483 e. The molecule has 1 aromatic carbocycles. The molecular formula is C16H25NO3S. The second-order valence-corrected chi connectivity index (χ2v) is 6.28. The van der Waals surface area contributed by atoms with E-state index in [0.717, 1.165) is 34.8 Å². The number of thioether (sulfide) groups is 1. The van der Waals surface area contributed by atoms with E-state index < -0.39 is 0 Å². The van der Waals surface area contributed by atoms with Gasteiger partial charge in [0.25, 0.3) is 5.91 Å². The molecule has 21 heavy (non-hydrogen) atoms. The van der Waals surface area contributed by atoms with Crippen LogP contribution in [0.15, 0.2) is 12.1 Å². The molecule has 0 aliphatic carbocycles. The van der Waals surface area contributed by atoms with E-state index in [1.54, 1.807) is 11.8 Å². The molecule has 0 aromatic heterocycles. The Morgan fingerprint density at radius 1 is 1.24 bits per heavy atom. The lowest BCUT2D eigenvalue weighted by Crippen LogP contribution is -2.30. The van der Waals surface area contributed by atoms with E-state index in [1.807, 2.05) is 20.8 Å². The second-order valence-electron chi connectivity index (χ2n) is 5.06. The Hall–Kier alpha value is -1.20. The molecule has 1 aromatic rings. The second kappa shape index (κ2) is 9.68. The fraction of sp³-hybridized carbons (Fsp3) is 0.562. The standard InChI is InChI=1S/C16H25NO3S/c1-12-9-13(2)16(14(3)10-12)20-11-15(19)17-5-8-21-7-4-6-18/h9-10,18H,4-8,11H2,1-3H3,(H,17,19). The number of ether oxygens (including phenoxy) is 1. The first-order valence-electron chi connectivity index (χ1n) is 7.20. The minimum Gasteiger partial charge on any atom is -0.483 e. The van der Waals surface area contributed by atoms with Crippen LogP contribution in [-0.4, -0.2) is 42.3 Å². The van der Waals surface area contributed by atoms with Gasteiger partial charge >= 0.3 is 0 Å². The van der Waals surface area contributed by atoms with Crippen LogP contribution in [-0.2, 0) is 4.79 Å². The van der Waals surface area contributed by atoms with Crippen LogP contribution in [0.25, 0.3) is 0 Å². The first-order chi connectivity index (χ1) is 10.0. The van der Waals surface area contributed by atoms with Crippen LogP contribution in [0.1, 0.15) is 23.1 Å². The van der Waals surface area contributed by atoms with Gasteiger partial charge in [-0.3, -0.25) is 4.79 Å². The molecule has 0 aliphatic heterocycles. The SMILES string of the molecule is Cc1cc(C)c(OCC(=O)NCCSCCCO)c(C)c1. The van der Waals surface area contributed by atoms with Gasteiger partial charge < -0.3 is 15.2 Å². The van der Waals surface area contributed by atoms with Gasteiger partial charge in [-0.25, -0.2) is 0 Å². The molecule has 5 heteroatoms. The summed E-state index contributed by atoms with van der Waals surface area (Å²) in [6.45, 7) is 6.93. The van der Waals surface area contributed by atoms with Crippen LogP contribution in [0.2, 0.25) is 0 Å². The van der Waals surface area contributed by atoms with E-state index >= 15 is 0 Å². The maximum atomic E-state index is 11.7. The van der Waals surface area contributed by atoms with Crippen LogP contribution < -0.4 is 10.1 Å². The number of rotatable bonds is 9. The number of carbonyl (C=O) groups excluding carboxylic acids is 1. The molecule has 1 amide bonds. The molecule has 0 heterocycles. The Morgan fingerprint density at radius 2 is 1.90 bits per heavy atom. The monoisotopic (exact) mass is 311 g/mol. The molecular weight excluding hydrogens is 286 g/mol. The maximum Gasteiger partial charge on any atom is 0.257 e. The molecule has 0 spiro atoms. The molecule has 0 bridgehead atoms. The van der Waals surface area contributed by atoms with Crippen LogP contribution in [0.4, 0.5) is 0 Å². The average molecular weight is 311 g/mol. The first-order valence-corrected chi connectivity index (χ1v) is 8.36. The quantitative estimate of drug-likeness (QED) is 0.687. The molecule has 0 unspecified atom stereocenters. The summed E-state index contributed by atoms with van der Waals surface area (Å²) in [7, 11) is 0. The van der Waals surface area contributed by atoms with Crippen molar-refractivity contribution >= 4 is 17.7 Å². The van der Waals surface area contributed by atoms with Gasteiger partial charge in [0.1, 0.15) is 5.75 Å². The zero-order valence-electron chi connectivity index (χ0n) is 13.1. The van der Waals surface area contributed by atoms with Gasteiger partial charge in [0, 0.05) is 18.9 Å². The fourth-order valence-corrected chi connectivity index (χ4v) is 2.90. The van der Waals surface area contributed by atoms with Gasteiger partial charge in [-0.05, 0) is 44.1 Å². The van der Waals surface area contributed by atoms with E-state index in [9.17, 15) is 4.79 Å². The molecule has 0 saturated carbocycles. The van der Waals surface area contributed by atoms with Crippen molar-refractivity contribution in [3.63, 3.8) is 0 Å². The Labute approximate surface area is 131 Å². The van der Waals surface area contributed by atoms with E-state index in [4.69, 9.17) is 9.84 Å². The summed E-state index contributed by atoms with van der Waals surface area (Å²) in [6, 6.07) is 4.11. The van der Waals surface area contributed by atoms with Crippen molar-refractivity contribution in [1.82, 2.24) is 5.32 Å². The lowest BCUT2D eigenvalue weighted by molar-refractivity contribution is -0.122. The Morgan fingerprint density at radius 3 is 2.52 bits per heavy atom. The number of hydrogen-bond donors (Lipinski definition) is 2. The molecule has 2 N–H and O–H groups in total. The molecule has 118 valence electrons. The third-order valence-corrected chi connectivity index (χ3v) is 4.04. The number of aryl methyl sites for hydroxylation is 3. The van der Waals surface area contributed by atoms with Gasteiger partial charge in [0.15, 0.2) is 6.61 Å². The highest BCUT2D eigenvalue weighted by atomic mass is 32.2. The number of amides is 1. The van der Waals surface area contributed by atoms with Crippen molar-refractivity contribution in [1.29, 1.82) is 0 Å². The van der Waals surface area contributed by atoms with E-state index in [2.05, 4.69) is 17.4 Å². The van der Waals surface area contributed by atoms with Crippen molar-refractivity contribution in [2.24, 2.45) is 0 Å². The number of aliphatic hydroxyl groups excluding tert-OH is 1. The highest BCUT2D eigenvalue weighted by Crippen LogP contribution is 2.24. The smallest absolute Gasteiger partial charge is 0.257 e. The van der Waals surface area contributed by atoms with Gasteiger partial charge in [0.2, 0.25) is 0 Å². The van der Waals surface area contributed by atoms with Gasteiger partial charge in [-0.15, -0.1) is 0 Å². The summed E-state index contributed by atoms with van der Waals surface area (Å²) in [6.07, 6.45) is 0.799. The third-order valence-electron chi connectivity index (χ3n) is 2.97. The summed E-state index contributed by atoms with van der Waals surface area (Å²) in [5, 5.41) is 11.5. The Kier molecular flexibility index (Phi) is 8.23.